The molecule has 4 aromatic heterocycles. The molecular formula is C61H41N5. The molecule has 0 saturated carbocycles. The second-order valence-corrected chi connectivity index (χ2v) is 17.4. The second-order valence-electron chi connectivity index (χ2n) is 17.4. The molecule has 0 aliphatic rings. The summed E-state index contributed by atoms with van der Waals surface area (Å²) in [6.07, 6.45) is 0. The molecule has 0 amide bonds. The zero-order chi connectivity index (χ0) is 43.5. The van der Waals surface area contributed by atoms with Crippen molar-refractivity contribution < 1.29 is 0 Å². The summed E-state index contributed by atoms with van der Waals surface area (Å²) < 4.78 is 9.83. The van der Waals surface area contributed by atoms with Gasteiger partial charge in [-0.2, -0.15) is 0 Å². The predicted molar refractivity (Wildman–Crippen MR) is 277 cm³/mol. The molecule has 14 aromatic rings. The fourth-order valence-corrected chi connectivity index (χ4v) is 11.1. The highest BCUT2D eigenvalue weighted by atomic mass is 15.1. The van der Waals surface area contributed by atoms with Gasteiger partial charge in [0.2, 0.25) is 0 Å². The maximum Gasteiger partial charge on any atom is 0.0788 e. The Morgan fingerprint density at radius 2 is 0.606 bits per heavy atom. The van der Waals surface area contributed by atoms with Gasteiger partial charge in [-0.05, 0) is 102 Å². The standard InChI is InChI=1S/C61H41N5/c62-38-39-15-14-22-45(35-39)66-57-34-28-41(37-53(57)51-32-30-49-47-24-11-13-26-55(47)64(59(49)61(51)66)43-18-6-2-7-19-43)40-27-33-56-52(36-40)50-31-29-48-46-23-10-12-25-54(46)63(42-16-4-1-5-17-42)58(48)60(50)65(56)44-20-8-3-9-21-44/h1-37H,38,62H2. The maximum atomic E-state index is 6.29. The van der Waals surface area contributed by atoms with E-state index in [9.17, 15) is 0 Å². The fourth-order valence-electron chi connectivity index (χ4n) is 11.1. The van der Waals surface area contributed by atoms with Gasteiger partial charge in [-0.1, -0.05) is 140 Å². The van der Waals surface area contributed by atoms with Crippen LogP contribution in [0.4, 0.5) is 0 Å². The topological polar surface area (TPSA) is 45.7 Å². The van der Waals surface area contributed by atoms with Crippen molar-refractivity contribution in [3.63, 3.8) is 0 Å². The lowest BCUT2D eigenvalue weighted by Crippen LogP contribution is -2.01. The molecule has 0 aliphatic carbocycles. The van der Waals surface area contributed by atoms with E-state index in [1.165, 1.54) is 92.8 Å². The minimum absolute atomic E-state index is 0.470. The lowest BCUT2D eigenvalue weighted by atomic mass is 10.00. The Balaban J connectivity index is 1.06. The third-order valence-electron chi connectivity index (χ3n) is 13.9. The smallest absolute Gasteiger partial charge is 0.0788 e. The summed E-state index contributed by atoms with van der Waals surface area (Å²) in [5.41, 5.74) is 23.7. The number of fused-ring (bicyclic) bond motifs is 14. The number of benzene rings is 10. The van der Waals surface area contributed by atoms with Crippen LogP contribution in [0.1, 0.15) is 5.56 Å². The Kier molecular flexibility index (Phi) is 7.91. The minimum Gasteiger partial charge on any atom is -0.326 e. The van der Waals surface area contributed by atoms with Gasteiger partial charge in [0, 0.05) is 72.4 Å². The normalized spacial score (nSPS) is 12.1. The van der Waals surface area contributed by atoms with E-state index in [-0.39, 0.29) is 0 Å². The van der Waals surface area contributed by atoms with Crippen LogP contribution in [0.3, 0.4) is 0 Å². The average molecular weight is 844 g/mol. The average Bonchev–Trinajstić information content (AvgIpc) is 4.12. The molecule has 310 valence electrons. The second kappa shape index (κ2) is 14.2. The van der Waals surface area contributed by atoms with Crippen molar-refractivity contribution in [2.45, 2.75) is 6.54 Å². The van der Waals surface area contributed by atoms with Crippen LogP contribution in [0.25, 0.3) is 121 Å². The molecule has 66 heavy (non-hydrogen) atoms. The number of para-hydroxylation sites is 5. The molecule has 14 rings (SSSR count). The molecule has 0 saturated heterocycles. The zero-order valence-corrected chi connectivity index (χ0v) is 35.9. The van der Waals surface area contributed by atoms with Gasteiger partial charge < -0.3 is 24.0 Å². The van der Waals surface area contributed by atoms with Crippen molar-refractivity contribution in [2.24, 2.45) is 5.73 Å². The van der Waals surface area contributed by atoms with Gasteiger partial charge in [0.15, 0.2) is 0 Å². The molecular weight excluding hydrogens is 803 g/mol. The van der Waals surface area contributed by atoms with Crippen LogP contribution in [0, 0.1) is 0 Å². The highest BCUT2D eigenvalue weighted by Crippen LogP contribution is 2.45. The van der Waals surface area contributed by atoms with Gasteiger partial charge in [0.25, 0.3) is 0 Å². The van der Waals surface area contributed by atoms with E-state index in [0.29, 0.717) is 6.54 Å². The highest BCUT2D eigenvalue weighted by Gasteiger charge is 2.24. The molecule has 0 atom stereocenters. The molecule has 5 nitrogen and oxygen atoms in total. The summed E-state index contributed by atoms with van der Waals surface area (Å²) in [5.74, 6) is 0. The van der Waals surface area contributed by atoms with Gasteiger partial charge in [0.1, 0.15) is 0 Å². The van der Waals surface area contributed by atoms with Gasteiger partial charge in [-0.15, -0.1) is 0 Å². The van der Waals surface area contributed by atoms with Crippen LogP contribution in [0.2, 0.25) is 0 Å². The summed E-state index contributed by atoms with van der Waals surface area (Å²) in [6.45, 7) is 0.470. The van der Waals surface area contributed by atoms with Crippen LogP contribution in [0.5, 0.6) is 0 Å². The first-order valence-electron chi connectivity index (χ1n) is 22.7. The fraction of sp³-hybridized carbons (Fsp3) is 0.0164. The Labute approximate surface area is 380 Å². The maximum absolute atomic E-state index is 6.29. The number of aromatic nitrogens is 4. The van der Waals surface area contributed by atoms with Crippen molar-refractivity contribution in [2.75, 3.05) is 0 Å². The molecule has 0 unspecified atom stereocenters. The first-order valence-corrected chi connectivity index (χ1v) is 22.7. The Morgan fingerprint density at radius 3 is 1.03 bits per heavy atom. The van der Waals surface area contributed by atoms with Gasteiger partial charge in [-0.25, -0.2) is 0 Å². The summed E-state index contributed by atoms with van der Waals surface area (Å²) in [6, 6.07) is 82.1. The summed E-state index contributed by atoms with van der Waals surface area (Å²) in [5, 5.41) is 9.78. The summed E-state index contributed by atoms with van der Waals surface area (Å²) in [4.78, 5) is 0. The van der Waals surface area contributed by atoms with Crippen LogP contribution >= 0.6 is 0 Å². The van der Waals surface area contributed by atoms with Crippen molar-refractivity contribution in [3.8, 4) is 33.9 Å². The van der Waals surface area contributed by atoms with Crippen molar-refractivity contribution in [1.29, 1.82) is 0 Å². The molecule has 4 heterocycles. The molecule has 0 bridgehead atoms. The van der Waals surface area contributed by atoms with Crippen molar-refractivity contribution >= 4 is 87.2 Å². The van der Waals surface area contributed by atoms with E-state index in [0.717, 1.165) is 33.8 Å². The molecule has 0 aliphatic heterocycles. The lowest BCUT2D eigenvalue weighted by Gasteiger charge is -2.13. The monoisotopic (exact) mass is 843 g/mol. The molecule has 0 fully saturated rings. The van der Waals surface area contributed by atoms with Crippen molar-refractivity contribution in [3.05, 3.63) is 230 Å². The third-order valence-corrected chi connectivity index (χ3v) is 13.9. The minimum atomic E-state index is 0.470. The third kappa shape index (κ3) is 5.20. The lowest BCUT2D eigenvalue weighted by molar-refractivity contribution is 1.06. The van der Waals surface area contributed by atoms with Crippen LogP contribution < -0.4 is 5.73 Å². The van der Waals surface area contributed by atoms with Crippen LogP contribution in [-0.2, 0) is 6.54 Å². The van der Waals surface area contributed by atoms with Crippen LogP contribution in [-0.4, -0.2) is 18.3 Å². The predicted octanol–water partition coefficient (Wildman–Crippen LogP) is 15.2. The van der Waals surface area contributed by atoms with Gasteiger partial charge in [-0.3, -0.25) is 0 Å². The van der Waals surface area contributed by atoms with E-state index in [2.05, 4.69) is 243 Å². The van der Waals surface area contributed by atoms with E-state index >= 15 is 0 Å². The Bertz CT molecular complexity index is 4240. The van der Waals surface area contributed by atoms with E-state index in [1.54, 1.807) is 0 Å². The molecule has 10 aromatic carbocycles. The Hall–Kier alpha value is -8.64. The largest absolute Gasteiger partial charge is 0.326 e. The first kappa shape index (κ1) is 36.8. The molecule has 0 radical (unpaired) electrons. The summed E-state index contributed by atoms with van der Waals surface area (Å²) >= 11 is 0. The number of hydrogen-bond donors (Lipinski definition) is 1. The van der Waals surface area contributed by atoms with Gasteiger partial charge >= 0.3 is 0 Å². The van der Waals surface area contributed by atoms with Gasteiger partial charge in [0.05, 0.1) is 44.1 Å². The Morgan fingerprint density at radius 1 is 0.258 bits per heavy atom. The van der Waals surface area contributed by atoms with E-state index < -0.39 is 0 Å². The number of rotatable bonds is 6. The van der Waals surface area contributed by atoms with E-state index in [4.69, 9.17) is 5.73 Å². The zero-order valence-electron chi connectivity index (χ0n) is 35.9. The number of nitrogens with two attached hydrogens (primary N) is 1. The number of hydrogen-bond acceptors (Lipinski definition) is 1. The molecule has 2 N–H and O–H groups in total. The number of nitrogens with zero attached hydrogens (tertiary/aromatic N) is 4. The summed E-state index contributed by atoms with van der Waals surface area (Å²) in [7, 11) is 0. The first-order chi connectivity index (χ1) is 32.7. The van der Waals surface area contributed by atoms with E-state index in [1.807, 2.05) is 0 Å². The highest BCUT2D eigenvalue weighted by molar-refractivity contribution is 6.26. The molecule has 5 heteroatoms. The van der Waals surface area contributed by atoms with Crippen molar-refractivity contribution in [1.82, 2.24) is 18.3 Å². The quantitative estimate of drug-likeness (QED) is 0.178. The SMILES string of the molecule is NCc1cccc(-n2c3ccc(-c4ccc5c(c4)c4ccc6c7ccccc7n(-c7ccccc7)c6c4n5-c4ccccc4)cc3c3ccc4c5ccccc5n(-c5ccccc5)c4c32)c1. The van der Waals surface area contributed by atoms with Crippen LogP contribution in [0.15, 0.2) is 224 Å². The molecule has 0 spiro atoms.